The van der Waals surface area contributed by atoms with Crippen molar-refractivity contribution in [3.63, 3.8) is 0 Å². The van der Waals surface area contributed by atoms with Gasteiger partial charge in [-0.1, -0.05) is 36.0 Å². The number of hydrogen-bond donors (Lipinski definition) is 0. The molecular weight excluding hydrogens is 420 g/mol. The maximum atomic E-state index is 13.3. The van der Waals surface area contributed by atoms with Gasteiger partial charge in [-0.3, -0.25) is 0 Å². The van der Waals surface area contributed by atoms with Crippen LogP contribution in [0.3, 0.4) is 0 Å². The van der Waals surface area contributed by atoms with Gasteiger partial charge in [-0.15, -0.1) is 0 Å². The Morgan fingerprint density at radius 2 is 1.68 bits per heavy atom. The monoisotopic (exact) mass is 444 g/mol. The topological polar surface area (TPSA) is 93.6 Å². The zero-order valence-electron chi connectivity index (χ0n) is 16.2. The second-order valence-electron chi connectivity index (χ2n) is 6.97. The summed E-state index contributed by atoms with van der Waals surface area (Å²) in [4.78, 5) is 6.07. The van der Waals surface area contributed by atoms with E-state index in [1.165, 1.54) is 19.1 Å². The lowest BCUT2D eigenvalue weighted by atomic mass is 10.2. The number of aromatic nitrogens is 1. The van der Waals surface area contributed by atoms with Gasteiger partial charge in [0.2, 0.25) is 24.0 Å². The highest BCUT2D eigenvalue weighted by Gasteiger charge is 2.34. The van der Waals surface area contributed by atoms with E-state index < -0.39 is 19.7 Å². The number of hydrogen-bond acceptors (Lipinski definition) is 8. The van der Waals surface area contributed by atoms with Crippen molar-refractivity contribution in [2.75, 3.05) is 23.7 Å². The molecule has 0 bridgehead atoms. The van der Waals surface area contributed by atoms with Crippen LogP contribution in [-0.2, 0) is 24.4 Å². The molecule has 0 saturated carbocycles. The molecule has 10 heteroatoms. The Morgan fingerprint density at radius 1 is 1.11 bits per heavy atom. The summed E-state index contributed by atoms with van der Waals surface area (Å²) >= 11 is 0.918. The fourth-order valence-electron chi connectivity index (χ4n) is 3.08. The van der Waals surface area contributed by atoms with E-state index in [-0.39, 0.29) is 32.2 Å². The molecule has 1 aliphatic heterocycles. The molecule has 0 unspecified atom stereocenters. The predicted octanol–water partition coefficient (Wildman–Crippen LogP) is 2.69. The van der Waals surface area contributed by atoms with Crippen LogP contribution in [0.15, 0.2) is 38.5 Å². The third-order valence-corrected chi connectivity index (χ3v) is 9.62. The van der Waals surface area contributed by atoms with Gasteiger partial charge in [0.15, 0.2) is 5.03 Å². The molecule has 3 rings (SSSR count). The van der Waals surface area contributed by atoms with E-state index in [4.69, 9.17) is 4.74 Å². The molecule has 0 N–H and O–H groups in total. The van der Waals surface area contributed by atoms with Crippen LogP contribution in [0.2, 0.25) is 0 Å². The summed E-state index contributed by atoms with van der Waals surface area (Å²) < 4.78 is 56.9. The number of benzene rings is 1. The Morgan fingerprint density at radius 3 is 2.21 bits per heavy atom. The SMILES string of the molecule is CCS(=O)(=O)c1nc(S(=O)(=O)c2ccc(C)cc2)c(N2C[C@@H](C)O[C@@H](C)C2)s1. The standard InChI is InChI=1S/C18H24N2O5S3/c1-5-27(21,22)18-19-16(28(23,24)15-8-6-12(2)7-9-15)17(26-18)20-10-13(3)25-14(4)11-20/h6-9,13-14H,5,10-11H2,1-4H3/t13-,14+. The van der Waals surface area contributed by atoms with Crippen LogP contribution in [0.25, 0.3) is 0 Å². The molecule has 2 heterocycles. The Hall–Kier alpha value is -1.49. The number of aryl methyl sites for hydroxylation is 1. The fraction of sp³-hybridized carbons (Fsp3) is 0.500. The lowest BCUT2D eigenvalue weighted by Gasteiger charge is -2.36. The molecule has 0 spiro atoms. The average molecular weight is 445 g/mol. The number of sulfone groups is 2. The van der Waals surface area contributed by atoms with E-state index in [1.807, 2.05) is 25.7 Å². The van der Waals surface area contributed by atoms with Gasteiger partial charge in [0.1, 0.15) is 5.00 Å². The van der Waals surface area contributed by atoms with Crippen molar-refractivity contribution in [3.8, 4) is 0 Å². The molecule has 7 nitrogen and oxygen atoms in total. The highest BCUT2D eigenvalue weighted by molar-refractivity contribution is 7.94. The lowest BCUT2D eigenvalue weighted by molar-refractivity contribution is -0.00517. The smallest absolute Gasteiger partial charge is 0.226 e. The second-order valence-corrected chi connectivity index (χ2v) is 12.3. The van der Waals surface area contributed by atoms with Crippen LogP contribution in [0.4, 0.5) is 5.00 Å². The van der Waals surface area contributed by atoms with Crippen LogP contribution in [-0.4, -0.2) is 52.9 Å². The molecule has 0 radical (unpaired) electrons. The molecule has 0 aliphatic carbocycles. The molecule has 2 aromatic rings. The van der Waals surface area contributed by atoms with Crippen molar-refractivity contribution in [2.45, 2.75) is 54.2 Å². The van der Waals surface area contributed by atoms with E-state index in [0.717, 1.165) is 16.9 Å². The molecule has 1 aromatic heterocycles. The van der Waals surface area contributed by atoms with E-state index in [9.17, 15) is 16.8 Å². The molecule has 154 valence electrons. The van der Waals surface area contributed by atoms with Crippen molar-refractivity contribution in [3.05, 3.63) is 29.8 Å². The maximum absolute atomic E-state index is 13.3. The number of thiazole rings is 1. The summed E-state index contributed by atoms with van der Waals surface area (Å²) in [7, 11) is -7.60. The number of anilines is 1. The molecule has 0 amide bonds. The number of nitrogens with zero attached hydrogens (tertiary/aromatic N) is 2. The summed E-state index contributed by atoms with van der Waals surface area (Å²) in [6, 6.07) is 6.46. The van der Waals surface area contributed by atoms with Crippen molar-refractivity contribution in [2.24, 2.45) is 0 Å². The van der Waals surface area contributed by atoms with Gasteiger partial charge in [-0.2, -0.15) is 0 Å². The van der Waals surface area contributed by atoms with Crippen molar-refractivity contribution < 1.29 is 21.6 Å². The summed E-state index contributed by atoms with van der Waals surface area (Å²) in [5.74, 6) is -0.139. The second kappa shape index (κ2) is 7.74. The summed E-state index contributed by atoms with van der Waals surface area (Å²) in [5.41, 5.74) is 0.933. The minimum absolute atomic E-state index is 0.0967. The van der Waals surface area contributed by atoms with Gasteiger partial charge in [-0.05, 0) is 32.9 Å². The molecule has 1 aromatic carbocycles. The summed E-state index contributed by atoms with van der Waals surface area (Å²) in [5, 5.41) is 0.157. The normalized spacial score (nSPS) is 21.1. The van der Waals surface area contributed by atoms with E-state index in [2.05, 4.69) is 4.98 Å². The predicted molar refractivity (Wildman–Crippen MR) is 109 cm³/mol. The van der Waals surface area contributed by atoms with Crippen molar-refractivity contribution in [1.82, 2.24) is 4.98 Å². The van der Waals surface area contributed by atoms with Gasteiger partial charge < -0.3 is 9.64 Å². The highest BCUT2D eigenvalue weighted by atomic mass is 32.2. The fourth-order valence-corrected chi connectivity index (χ4v) is 7.23. The lowest BCUT2D eigenvalue weighted by Crippen LogP contribution is -2.45. The minimum atomic E-state index is -3.97. The highest BCUT2D eigenvalue weighted by Crippen LogP contribution is 2.38. The third kappa shape index (κ3) is 4.10. The zero-order chi connectivity index (χ0) is 20.7. The van der Waals surface area contributed by atoms with Crippen LogP contribution in [0.5, 0.6) is 0 Å². The van der Waals surface area contributed by atoms with Gasteiger partial charge in [0.05, 0.1) is 22.9 Å². The summed E-state index contributed by atoms with van der Waals surface area (Å²) in [6.07, 6.45) is -0.209. The summed E-state index contributed by atoms with van der Waals surface area (Å²) in [6.45, 7) is 8.13. The number of rotatable bonds is 5. The van der Waals surface area contributed by atoms with Gasteiger partial charge in [-0.25, -0.2) is 21.8 Å². The average Bonchev–Trinajstić information content (AvgIpc) is 3.08. The van der Waals surface area contributed by atoms with Crippen LogP contribution < -0.4 is 4.90 Å². The van der Waals surface area contributed by atoms with Crippen molar-refractivity contribution in [1.29, 1.82) is 0 Å². The quantitative estimate of drug-likeness (QED) is 0.700. The largest absolute Gasteiger partial charge is 0.372 e. The Kier molecular flexibility index (Phi) is 5.86. The Bertz CT molecular complexity index is 1050. The first-order valence-electron chi connectivity index (χ1n) is 9.00. The first kappa shape index (κ1) is 21.2. The third-order valence-electron chi connectivity index (χ3n) is 4.50. The molecule has 28 heavy (non-hydrogen) atoms. The first-order chi connectivity index (χ1) is 13.0. The van der Waals surface area contributed by atoms with Gasteiger partial charge >= 0.3 is 0 Å². The number of morpholine rings is 1. The van der Waals surface area contributed by atoms with Crippen LogP contribution in [0, 0.1) is 6.92 Å². The van der Waals surface area contributed by atoms with Gasteiger partial charge in [0, 0.05) is 13.1 Å². The van der Waals surface area contributed by atoms with Crippen LogP contribution in [0.1, 0.15) is 26.3 Å². The first-order valence-corrected chi connectivity index (χ1v) is 13.0. The molecule has 1 fully saturated rings. The Labute approximate surface area is 170 Å². The van der Waals surface area contributed by atoms with Gasteiger partial charge in [0.25, 0.3) is 0 Å². The van der Waals surface area contributed by atoms with E-state index in [1.54, 1.807) is 12.1 Å². The zero-order valence-corrected chi connectivity index (χ0v) is 18.7. The van der Waals surface area contributed by atoms with Crippen LogP contribution >= 0.6 is 11.3 Å². The van der Waals surface area contributed by atoms with Crippen molar-refractivity contribution >= 4 is 36.0 Å². The minimum Gasteiger partial charge on any atom is -0.372 e. The maximum Gasteiger partial charge on any atom is 0.226 e. The molecule has 2 atom stereocenters. The molecule has 1 aliphatic rings. The molecule has 1 saturated heterocycles. The van der Waals surface area contributed by atoms with E-state index in [0.29, 0.717) is 18.1 Å². The van der Waals surface area contributed by atoms with E-state index >= 15 is 0 Å². The Balaban J connectivity index is 2.17. The number of ether oxygens (including phenoxy) is 1. The molecular formula is C18H24N2O5S3.